The summed E-state index contributed by atoms with van der Waals surface area (Å²) in [5.41, 5.74) is 6.51. The summed E-state index contributed by atoms with van der Waals surface area (Å²) in [4.78, 5) is 46.3. The van der Waals surface area contributed by atoms with Crippen LogP contribution in [0.2, 0.25) is 0 Å². The fourth-order valence-electron chi connectivity index (χ4n) is 4.00. The largest absolute Gasteiger partial charge is 0.285 e. The number of nitrogens with one attached hydrogen (secondary N) is 2. The maximum atomic E-state index is 13.1. The van der Waals surface area contributed by atoms with Crippen molar-refractivity contribution in [3.8, 4) is 0 Å². The number of rotatable bonds is 6. The zero-order valence-electron chi connectivity index (χ0n) is 17.3. The van der Waals surface area contributed by atoms with Gasteiger partial charge in [-0.25, -0.2) is 10.4 Å². The number of hydrogen-bond donors (Lipinski definition) is 2. The Kier molecular flexibility index (Phi) is 6.09. The molecule has 2 aromatic rings. The van der Waals surface area contributed by atoms with E-state index in [0.29, 0.717) is 0 Å². The third kappa shape index (κ3) is 4.55. The van der Waals surface area contributed by atoms with Crippen LogP contribution in [0.1, 0.15) is 46.4 Å². The van der Waals surface area contributed by atoms with Crippen LogP contribution in [-0.4, -0.2) is 38.5 Å². The molecule has 1 aliphatic heterocycles. The summed E-state index contributed by atoms with van der Waals surface area (Å²) in [5, 5.41) is 27.4. The van der Waals surface area contributed by atoms with E-state index >= 15 is 0 Å². The summed E-state index contributed by atoms with van der Waals surface area (Å²) in [6.07, 6.45) is 2.80. The van der Waals surface area contributed by atoms with E-state index in [-0.39, 0.29) is 28.4 Å². The van der Waals surface area contributed by atoms with E-state index in [1.807, 2.05) is 0 Å². The van der Waals surface area contributed by atoms with Gasteiger partial charge in [-0.05, 0) is 43.5 Å². The molecule has 0 unspecified atom stereocenters. The molecule has 0 aromatic heterocycles. The summed E-state index contributed by atoms with van der Waals surface area (Å²) >= 11 is 0. The molecule has 1 heterocycles. The van der Waals surface area contributed by atoms with E-state index in [9.17, 15) is 29.8 Å². The van der Waals surface area contributed by atoms with Crippen LogP contribution in [0, 0.1) is 26.1 Å². The number of non-ortho nitro benzene ring substituents is 2. The number of fused-ring (bicyclic) bond motifs is 1. The van der Waals surface area contributed by atoms with E-state index in [1.165, 1.54) is 53.5 Å². The Labute approximate surface area is 187 Å². The number of amides is 2. The molecule has 0 radical (unpaired) electrons. The van der Waals surface area contributed by atoms with Crippen molar-refractivity contribution >= 4 is 28.9 Å². The van der Waals surface area contributed by atoms with Crippen molar-refractivity contribution in [2.45, 2.75) is 31.8 Å². The van der Waals surface area contributed by atoms with Crippen LogP contribution in [0.3, 0.4) is 0 Å². The van der Waals surface area contributed by atoms with Crippen molar-refractivity contribution in [2.75, 3.05) is 0 Å². The first-order valence-electron chi connectivity index (χ1n) is 10.3. The molecule has 0 spiro atoms. The molecule has 1 fully saturated rings. The van der Waals surface area contributed by atoms with E-state index < -0.39 is 27.8 Å². The highest BCUT2D eigenvalue weighted by atomic mass is 16.6. The van der Waals surface area contributed by atoms with Crippen LogP contribution < -0.4 is 10.9 Å². The van der Waals surface area contributed by atoms with Gasteiger partial charge in [-0.3, -0.25) is 35.2 Å². The van der Waals surface area contributed by atoms with Crippen molar-refractivity contribution in [3.63, 3.8) is 0 Å². The third-order valence-corrected chi connectivity index (χ3v) is 5.71. The van der Waals surface area contributed by atoms with Crippen LogP contribution >= 0.6 is 0 Å². The number of nitrogens with zero attached hydrogens (tertiary/aromatic N) is 4. The summed E-state index contributed by atoms with van der Waals surface area (Å²) < 4.78 is 0. The molecule has 2 aliphatic rings. The molecule has 0 saturated heterocycles. The first kappa shape index (κ1) is 22.0. The van der Waals surface area contributed by atoms with Gasteiger partial charge >= 0.3 is 0 Å². The van der Waals surface area contributed by atoms with Crippen LogP contribution in [0.25, 0.3) is 0 Å². The normalized spacial score (nSPS) is 19.4. The second-order valence-electron chi connectivity index (χ2n) is 7.74. The number of nitro benzene ring substituents is 2. The van der Waals surface area contributed by atoms with Gasteiger partial charge in [0.05, 0.1) is 9.85 Å². The van der Waals surface area contributed by atoms with Gasteiger partial charge in [-0.15, -0.1) is 0 Å². The first-order valence-corrected chi connectivity index (χ1v) is 10.3. The zero-order valence-corrected chi connectivity index (χ0v) is 17.3. The average molecular weight is 452 g/mol. The predicted molar refractivity (Wildman–Crippen MR) is 116 cm³/mol. The van der Waals surface area contributed by atoms with Crippen molar-refractivity contribution < 1.29 is 19.4 Å². The Bertz CT molecular complexity index is 1130. The van der Waals surface area contributed by atoms with Gasteiger partial charge in [0, 0.05) is 47.0 Å². The van der Waals surface area contributed by atoms with Gasteiger partial charge in [0.15, 0.2) is 0 Å². The average Bonchev–Trinajstić information content (AvgIpc) is 3.20. The Hall–Kier alpha value is -4.19. The first-order chi connectivity index (χ1) is 15.8. The predicted octanol–water partition coefficient (Wildman–Crippen LogP) is 2.77. The van der Waals surface area contributed by atoms with Gasteiger partial charge in [-0.1, -0.05) is 6.42 Å². The number of hydrogen-bond acceptors (Lipinski definition) is 8. The highest BCUT2D eigenvalue weighted by molar-refractivity contribution is 5.99. The maximum absolute atomic E-state index is 13.1. The lowest BCUT2D eigenvalue weighted by Crippen LogP contribution is -2.55. The van der Waals surface area contributed by atoms with E-state index in [4.69, 9.17) is 0 Å². The van der Waals surface area contributed by atoms with Gasteiger partial charge in [-0.2, -0.15) is 5.10 Å². The van der Waals surface area contributed by atoms with Gasteiger partial charge in [0.1, 0.15) is 6.17 Å². The monoisotopic (exact) mass is 452 g/mol. The molecule has 1 saturated carbocycles. The molecule has 2 aromatic carbocycles. The minimum Gasteiger partial charge on any atom is -0.285 e. The SMILES string of the molecule is O=C(NN[C@H]1[C@@H]2CCCCC2=NN1C(=O)c1ccc([N+](=O)[O-])cc1)c1ccc([N+](=O)[O-])cc1. The quantitative estimate of drug-likeness (QED) is 0.503. The Morgan fingerprint density at radius 1 is 0.909 bits per heavy atom. The summed E-state index contributed by atoms with van der Waals surface area (Å²) in [6, 6.07) is 10.4. The van der Waals surface area contributed by atoms with Crippen molar-refractivity contribution in [2.24, 2.45) is 11.0 Å². The second kappa shape index (κ2) is 9.12. The van der Waals surface area contributed by atoms with Crippen molar-refractivity contribution in [1.29, 1.82) is 0 Å². The molecule has 1 aliphatic carbocycles. The standard InChI is InChI=1S/C21H20N6O6/c28-20(13-5-9-15(10-6-13)26(30)31)23-22-19-17-3-1-2-4-18(17)24-25(19)21(29)14-7-11-16(12-8-14)27(32)33/h5-12,17,19,22H,1-4H2,(H,23,28)/t17-,19-/m1/s1. The lowest BCUT2D eigenvalue weighted by atomic mass is 9.86. The topological polar surface area (TPSA) is 160 Å². The lowest BCUT2D eigenvalue weighted by Gasteiger charge is -2.29. The Morgan fingerprint density at radius 3 is 2.06 bits per heavy atom. The zero-order chi connectivity index (χ0) is 23.5. The van der Waals surface area contributed by atoms with Crippen LogP contribution in [0.15, 0.2) is 53.6 Å². The summed E-state index contributed by atoms with van der Waals surface area (Å²) in [6.45, 7) is 0. The third-order valence-electron chi connectivity index (χ3n) is 5.71. The maximum Gasteiger partial charge on any atom is 0.275 e. The van der Waals surface area contributed by atoms with E-state index in [1.54, 1.807) is 0 Å². The van der Waals surface area contributed by atoms with E-state index in [2.05, 4.69) is 16.0 Å². The Morgan fingerprint density at radius 2 is 1.48 bits per heavy atom. The van der Waals surface area contributed by atoms with Crippen molar-refractivity contribution in [3.05, 3.63) is 79.9 Å². The second-order valence-corrected chi connectivity index (χ2v) is 7.74. The molecular weight excluding hydrogens is 432 g/mol. The summed E-state index contributed by atoms with van der Waals surface area (Å²) in [7, 11) is 0. The molecule has 2 N–H and O–H groups in total. The number of carbonyl (C=O) groups excluding carboxylic acids is 2. The molecule has 2 amide bonds. The highest BCUT2D eigenvalue weighted by Crippen LogP contribution is 2.32. The fourth-order valence-corrected chi connectivity index (χ4v) is 4.00. The number of hydrazine groups is 1. The van der Waals surface area contributed by atoms with E-state index in [0.717, 1.165) is 31.4 Å². The number of hydrazone groups is 1. The summed E-state index contributed by atoms with van der Waals surface area (Å²) in [5.74, 6) is -1.05. The number of nitro groups is 2. The van der Waals surface area contributed by atoms with Crippen molar-refractivity contribution in [1.82, 2.24) is 15.9 Å². The highest BCUT2D eigenvalue weighted by Gasteiger charge is 2.41. The number of benzene rings is 2. The van der Waals surface area contributed by atoms with Crippen LogP contribution in [-0.2, 0) is 0 Å². The lowest BCUT2D eigenvalue weighted by molar-refractivity contribution is -0.385. The molecular formula is C21H20N6O6. The van der Waals surface area contributed by atoms with Crippen LogP contribution in [0.5, 0.6) is 0 Å². The molecule has 12 nitrogen and oxygen atoms in total. The Balaban J connectivity index is 1.50. The molecule has 4 rings (SSSR count). The fraction of sp³-hybridized carbons (Fsp3) is 0.286. The van der Waals surface area contributed by atoms with Crippen LogP contribution in [0.4, 0.5) is 11.4 Å². The van der Waals surface area contributed by atoms with Gasteiger partial charge < -0.3 is 0 Å². The minimum absolute atomic E-state index is 0.0853. The molecule has 12 heteroatoms. The smallest absolute Gasteiger partial charge is 0.275 e. The number of carbonyl (C=O) groups is 2. The molecule has 33 heavy (non-hydrogen) atoms. The molecule has 0 bridgehead atoms. The molecule has 170 valence electrons. The molecule has 2 atom stereocenters. The van der Waals surface area contributed by atoms with Gasteiger partial charge in [0.25, 0.3) is 23.2 Å². The van der Waals surface area contributed by atoms with Gasteiger partial charge in [0.2, 0.25) is 0 Å². The minimum atomic E-state index is -0.634.